The summed E-state index contributed by atoms with van der Waals surface area (Å²) in [6.45, 7) is 4.91. The van der Waals surface area contributed by atoms with Gasteiger partial charge in [0, 0.05) is 5.56 Å². The number of hydrogen-bond donors (Lipinski definition) is 2. The number of nitrogens with zero attached hydrogens (tertiary/aromatic N) is 1. The number of hydrogen-bond acceptors (Lipinski definition) is 5. The first-order valence-electron chi connectivity index (χ1n) is 10.4. The van der Waals surface area contributed by atoms with E-state index in [1.165, 1.54) is 0 Å². The molecule has 1 heterocycles. The molecule has 0 radical (unpaired) electrons. The Bertz CT molecular complexity index is 774. The van der Waals surface area contributed by atoms with Crippen LogP contribution in [0.15, 0.2) is 18.2 Å². The Hall–Kier alpha value is -2.77. The van der Waals surface area contributed by atoms with E-state index in [0.29, 0.717) is 37.6 Å². The van der Waals surface area contributed by atoms with Crippen molar-refractivity contribution >= 4 is 17.8 Å². The van der Waals surface area contributed by atoms with E-state index in [1.54, 1.807) is 18.2 Å². The van der Waals surface area contributed by atoms with Crippen molar-refractivity contribution in [2.45, 2.75) is 64.3 Å². The van der Waals surface area contributed by atoms with Gasteiger partial charge < -0.3 is 14.8 Å². The molecule has 1 spiro atoms. The first kappa shape index (κ1) is 21.0. The number of imide groups is 1. The third-order valence-electron chi connectivity index (χ3n) is 5.34. The van der Waals surface area contributed by atoms with Gasteiger partial charge >= 0.3 is 6.03 Å². The van der Waals surface area contributed by atoms with Gasteiger partial charge in [-0.25, -0.2) is 4.79 Å². The summed E-state index contributed by atoms with van der Waals surface area (Å²) < 4.78 is 11.3. The van der Waals surface area contributed by atoms with Crippen molar-refractivity contribution < 1.29 is 23.9 Å². The van der Waals surface area contributed by atoms with Crippen molar-refractivity contribution in [1.29, 1.82) is 0 Å². The smallest absolute Gasteiger partial charge is 0.344 e. The lowest BCUT2D eigenvalue weighted by Crippen LogP contribution is -2.50. The number of nitrogens with one attached hydrogen (secondary N) is 2. The van der Waals surface area contributed by atoms with Gasteiger partial charge in [-0.05, 0) is 44.4 Å². The molecule has 1 saturated heterocycles. The number of amides is 4. The molecule has 3 rings (SSSR count). The minimum atomic E-state index is -0.879. The zero-order valence-corrected chi connectivity index (χ0v) is 17.1. The lowest BCUT2D eigenvalue weighted by Gasteiger charge is -2.30. The van der Waals surface area contributed by atoms with E-state index in [1.807, 2.05) is 6.92 Å². The predicted molar refractivity (Wildman–Crippen MR) is 107 cm³/mol. The van der Waals surface area contributed by atoms with Crippen LogP contribution in [-0.2, 0) is 4.79 Å². The Labute approximate surface area is 170 Å². The minimum Gasteiger partial charge on any atom is -0.490 e. The SMILES string of the molecule is CCCCOc1ccc(C(=O)NN2C(=O)NC3(CCCCC3)C2=O)cc1OCC. The zero-order chi connectivity index (χ0) is 20.9. The molecule has 1 aromatic rings. The van der Waals surface area contributed by atoms with Gasteiger partial charge in [0.25, 0.3) is 11.8 Å². The molecular weight excluding hydrogens is 374 g/mol. The van der Waals surface area contributed by atoms with Crippen LogP contribution in [-0.4, -0.2) is 41.6 Å². The van der Waals surface area contributed by atoms with E-state index in [9.17, 15) is 14.4 Å². The van der Waals surface area contributed by atoms with Crippen molar-refractivity contribution in [3.05, 3.63) is 23.8 Å². The molecule has 8 heteroatoms. The molecule has 2 fully saturated rings. The normalized spacial score (nSPS) is 17.9. The highest BCUT2D eigenvalue weighted by atomic mass is 16.5. The molecule has 0 unspecified atom stereocenters. The Morgan fingerprint density at radius 1 is 1.14 bits per heavy atom. The van der Waals surface area contributed by atoms with Gasteiger partial charge in [0.2, 0.25) is 0 Å². The molecule has 8 nitrogen and oxygen atoms in total. The molecule has 2 N–H and O–H groups in total. The molecule has 2 aliphatic rings. The molecule has 4 amide bonds. The van der Waals surface area contributed by atoms with Crippen LogP contribution in [0.1, 0.15) is 69.2 Å². The summed E-state index contributed by atoms with van der Waals surface area (Å²) >= 11 is 0. The monoisotopic (exact) mass is 403 g/mol. The van der Waals surface area contributed by atoms with Gasteiger partial charge in [0.15, 0.2) is 11.5 Å². The summed E-state index contributed by atoms with van der Waals surface area (Å²) in [5, 5.41) is 3.58. The molecule has 29 heavy (non-hydrogen) atoms. The van der Waals surface area contributed by atoms with Crippen LogP contribution in [0.5, 0.6) is 11.5 Å². The van der Waals surface area contributed by atoms with Crippen LogP contribution in [0.25, 0.3) is 0 Å². The number of unbranched alkanes of at least 4 members (excludes halogenated alkanes) is 1. The maximum absolute atomic E-state index is 12.8. The van der Waals surface area contributed by atoms with Crippen LogP contribution in [0.4, 0.5) is 4.79 Å². The Morgan fingerprint density at radius 3 is 2.59 bits per heavy atom. The Morgan fingerprint density at radius 2 is 1.90 bits per heavy atom. The van der Waals surface area contributed by atoms with Crippen LogP contribution >= 0.6 is 0 Å². The lowest BCUT2D eigenvalue weighted by molar-refractivity contribution is -0.134. The van der Waals surface area contributed by atoms with Gasteiger partial charge in [0.1, 0.15) is 5.54 Å². The van der Waals surface area contributed by atoms with Crippen LogP contribution < -0.4 is 20.2 Å². The van der Waals surface area contributed by atoms with Gasteiger partial charge in [-0.2, -0.15) is 5.01 Å². The fourth-order valence-corrected chi connectivity index (χ4v) is 3.75. The summed E-state index contributed by atoms with van der Waals surface area (Å²) in [6.07, 6.45) is 5.93. The molecular formula is C21H29N3O5. The fourth-order valence-electron chi connectivity index (χ4n) is 3.75. The van der Waals surface area contributed by atoms with Gasteiger partial charge in [-0.15, -0.1) is 0 Å². The summed E-state index contributed by atoms with van der Waals surface area (Å²) in [5.41, 5.74) is 1.84. The molecule has 1 aliphatic heterocycles. The maximum Gasteiger partial charge on any atom is 0.344 e. The third-order valence-corrected chi connectivity index (χ3v) is 5.34. The topological polar surface area (TPSA) is 97.0 Å². The number of hydrazine groups is 1. The van der Waals surface area contributed by atoms with Crippen molar-refractivity contribution in [1.82, 2.24) is 15.8 Å². The second kappa shape index (κ2) is 9.15. The molecule has 1 saturated carbocycles. The Balaban J connectivity index is 1.72. The summed E-state index contributed by atoms with van der Waals surface area (Å²) in [4.78, 5) is 37.9. The number of carbonyl (C=O) groups is 3. The molecule has 1 aromatic carbocycles. The zero-order valence-electron chi connectivity index (χ0n) is 17.1. The van der Waals surface area contributed by atoms with Gasteiger partial charge in [0.05, 0.1) is 13.2 Å². The highest BCUT2D eigenvalue weighted by molar-refractivity contribution is 6.09. The molecule has 0 aromatic heterocycles. The number of urea groups is 1. The largest absolute Gasteiger partial charge is 0.490 e. The standard InChI is InChI=1S/C21H29N3O5/c1-3-5-13-29-16-10-9-15(14-17(16)28-4-2)18(25)23-24-19(26)21(22-20(24)27)11-7-6-8-12-21/h9-10,14H,3-8,11-13H2,1-2H3,(H,22,27)(H,23,25). The van der Waals surface area contributed by atoms with E-state index in [2.05, 4.69) is 17.7 Å². The highest BCUT2D eigenvalue weighted by Crippen LogP contribution is 2.33. The Kier molecular flexibility index (Phi) is 6.61. The third kappa shape index (κ3) is 4.46. The van der Waals surface area contributed by atoms with E-state index in [0.717, 1.165) is 37.1 Å². The van der Waals surface area contributed by atoms with Gasteiger partial charge in [-0.3, -0.25) is 15.0 Å². The van der Waals surface area contributed by atoms with Gasteiger partial charge in [-0.1, -0.05) is 32.6 Å². The second-order valence-electron chi connectivity index (χ2n) is 7.45. The van der Waals surface area contributed by atoms with Crippen molar-refractivity contribution in [2.24, 2.45) is 0 Å². The van der Waals surface area contributed by atoms with Crippen molar-refractivity contribution in [2.75, 3.05) is 13.2 Å². The van der Waals surface area contributed by atoms with E-state index >= 15 is 0 Å². The maximum atomic E-state index is 12.8. The number of carbonyl (C=O) groups excluding carboxylic acids is 3. The molecule has 0 bridgehead atoms. The van der Waals surface area contributed by atoms with E-state index in [-0.39, 0.29) is 11.5 Å². The van der Waals surface area contributed by atoms with Crippen LogP contribution in [0.2, 0.25) is 0 Å². The summed E-state index contributed by atoms with van der Waals surface area (Å²) in [6, 6.07) is 4.24. The molecule has 1 aliphatic carbocycles. The van der Waals surface area contributed by atoms with Crippen LogP contribution in [0, 0.1) is 0 Å². The number of ether oxygens (including phenoxy) is 2. The fraction of sp³-hybridized carbons (Fsp3) is 0.571. The number of rotatable bonds is 8. The quantitative estimate of drug-likeness (QED) is 0.513. The average Bonchev–Trinajstić information content (AvgIpc) is 2.93. The minimum absolute atomic E-state index is 0.279. The second-order valence-corrected chi connectivity index (χ2v) is 7.45. The highest BCUT2D eigenvalue weighted by Gasteiger charge is 2.52. The van der Waals surface area contributed by atoms with Crippen molar-refractivity contribution in [3.8, 4) is 11.5 Å². The predicted octanol–water partition coefficient (Wildman–Crippen LogP) is 3.16. The molecule has 158 valence electrons. The van der Waals surface area contributed by atoms with E-state index in [4.69, 9.17) is 9.47 Å². The van der Waals surface area contributed by atoms with E-state index < -0.39 is 17.5 Å². The first-order valence-corrected chi connectivity index (χ1v) is 10.4. The number of benzene rings is 1. The van der Waals surface area contributed by atoms with Crippen molar-refractivity contribution in [3.63, 3.8) is 0 Å². The molecule has 0 atom stereocenters. The van der Waals surface area contributed by atoms with Crippen LogP contribution in [0.3, 0.4) is 0 Å². The lowest BCUT2D eigenvalue weighted by atomic mass is 9.82. The summed E-state index contributed by atoms with van der Waals surface area (Å²) in [5.74, 6) is 0.0766. The summed E-state index contributed by atoms with van der Waals surface area (Å²) in [7, 11) is 0. The average molecular weight is 403 g/mol. The first-order chi connectivity index (χ1) is 14.0.